The van der Waals surface area contributed by atoms with Gasteiger partial charge in [0.15, 0.2) is 0 Å². The molecular weight excluding hydrogens is 338 g/mol. The quantitative estimate of drug-likeness (QED) is 0.880. The number of carbonyl (C=O) groups excluding carboxylic acids is 1. The molecule has 2 N–H and O–H groups in total. The number of nitrogens with zero attached hydrogens (tertiary/aromatic N) is 3. The standard InChI is InChI=1S/C18H20ClN5O/c19-15-9-21-18(22-10-15)23-16-4-6-24(11-16)17(25)13-2-1-12-3-5-20-8-14(12)7-13/h1-2,7,9-10,16,20H,3-6,8,11H2,(H,21,22,23)/t16-/m1/s1. The van der Waals surface area contributed by atoms with Crippen molar-refractivity contribution in [1.29, 1.82) is 0 Å². The van der Waals surface area contributed by atoms with Crippen LogP contribution in [0.25, 0.3) is 0 Å². The van der Waals surface area contributed by atoms with Crippen LogP contribution in [0.4, 0.5) is 5.95 Å². The minimum Gasteiger partial charge on any atom is -0.350 e. The average molecular weight is 358 g/mol. The number of nitrogens with one attached hydrogen (secondary N) is 2. The summed E-state index contributed by atoms with van der Waals surface area (Å²) in [6, 6.07) is 6.24. The lowest BCUT2D eigenvalue weighted by Crippen LogP contribution is -2.32. The van der Waals surface area contributed by atoms with E-state index in [2.05, 4.69) is 26.7 Å². The highest BCUT2D eigenvalue weighted by Gasteiger charge is 2.27. The zero-order valence-corrected chi connectivity index (χ0v) is 14.6. The molecule has 1 aromatic carbocycles. The summed E-state index contributed by atoms with van der Waals surface area (Å²) in [5.74, 6) is 0.637. The third-order valence-corrected chi connectivity index (χ3v) is 4.96. The number of benzene rings is 1. The van der Waals surface area contributed by atoms with Gasteiger partial charge in [0.1, 0.15) is 0 Å². The van der Waals surface area contributed by atoms with Crippen molar-refractivity contribution in [1.82, 2.24) is 20.2 Å². The highest BCUT2D eigenvalue weighted by molar-refractivity contribution is 6.30. The summed E-state index contributed by atoms with van der Waals surface area (Å²) in [7, 11) is 0. The lowest BCUT2D eigenvalue weighted by molar-refractivity contribution is 0.0791. The van der Waals surface area contributed by atoms with Crippen LogP contribution in [0.2, 0.25) is 5.02 Å². The van der Waals surface area contributed by atoms with Crippen LogP contribution in [-0.2, 0) is 13.0 Å². The SMILES string of the molecule is O=C(c1ccc2c(c1)CNCC2)N1CC[C@@H](Nc2ncc(Cl)cn2)C1. The van der Waals surface area contributed by atoms with Crippen LogP contribution >= 0.6 is 11.6 Å². The Labute approximate surface area is 151 Å². The van der Waals surface area contributed by atoms with Gasteiger partial charge in [-0.15, -0.1) is 0 Å². The second kappa shape index (κ2) is 6.98. The third kappa shape index (κ3) is 3.60. The van der Waals surface area contributed by atoms with Gasteiger partial charge in [-0.3, -0.25) is 4.79 Å². The van der Waals surface area contributed by atoms with Crippen LogP contribution in [0.15, 0.2) is 30.6 Å². The lowest BCUT2D eigenvalue weighted by Gasteiger charge is -2.20. The summed E-state index contributed by atoms with van der Waals surface area (Å²) in [6.45, 7) is 3.24. The summed E-state index contributed by atoms with van der Waals surface area (Å²) in [5.41, 5.74) is 3.35. The normalized spacial score (nSPS) is 19.6. The first-order valence-corrected chi connectivity index (χ1v) is 8.93. The van der Waals surface area contributed by atoms with Crippen LogP contribution in [0.5, 0.6) is 0 Å². The first-order valence-electron chi connectivity index (χ1n) is 8.55. The number of amides is 1. The molecule has 1 atom stereocenters. The van der Waals surface area contributed by atoms with Gasteiger partial charge in [-0.05, 0) is 42.6 Å². The van der Waals surface area contributed by atoms with Gasteiger partial charge >= 0.3 is 0 Å². The number of fused-ring (bicyclic) bond motifs is 1. The number of hydrogen-bond donors (Lipinski definition) is 2. The topological polar surface area (TPSA) is 70.2 Å². The Bertz CT molecular complexity index is 780. The maximum Gasteiger partial charge on any atom is 0.253 e. The van der Waals surface area contributed by atoms with Crippen LogP contribution in [0, 0.1) is 0 Å². The highest BCUT2D eigenvalue weighted by Crippen LogP contribution is 2.20. The Balaban J connectivity index is 1.41. The number of rotatable bonds is 3. The van der Waals surface area contributed by atoms with Crippen molar-refractivity contribution in [3.63, 3.8) is 0 Å². The average Bonchev–Trinajstić information content (AvgIpc) is 3.11. The van der Waals surface area contributed by atoms with Gasteiger partial charge in [-0.25, -0.2) is 9.97 Å². The van der Waals surface area contributed by atoms with Crippen LogP contribution in [0.3, 0.4) is 0 Å². The van der Waals surface area contributed by atoms with Crippen molar-refractivity contribution in [2.24, 2.45) is 0 Å². The van der Waals surface area contributed by atoms with Gasteiger partial charge in [0, 0.05) is 31.2 Å². The van der Waals surface area contributed by atoms with E-state index in [0.29, 0.717) is 17.5 Å². The second-order valence-corrected chi connectivity index (χ2v) is 6.95. The van der Waals surface area contributed by atoms with E-state index in [1.807, 2.05) is 17.0 Å². The fraction of sp³-hybridized carbons (Fsp3) is 0.389. The molecule has 2 aromatic rings. The third-order valence-electron chi connectivity index (χ3n) is 4.77. The van der Waals surface area contributed by atoms with Crippen LogP contribution in [-0.4, -0.2) is 46.5 Å². The predicted octanol–water partition coefficient (Wildman–Crippen LogP) is 2.10. The molecule has 1 saturated heterocycles. The van der Waals surface area contributed by atoms with Crippen molar-refractivity contribution in [2.45, 2.75) is 25.4 Å². The minimum atomic E-state index is 0.0923. The van der Waals surface area contributed by atoms with Gasteiger partial charge in [-0.1, -0.05) is 17.7 Å². The van der Waals surface area contributed by atoms with E-state index < -0.39 is 0 Å². The second-order valence-electron chi connectivity index (χ2n) is 6.52. The summed E-state index contributed by atoms with van der Waals surface area (Å²) in [4.78, 5) is 23.0. The van der Waals surface area contributed by atoms with E-state index >= 15 is 0 Å². The monoisotopic (exact) mass is 357 g/mol. The van der Waals surface area contributed by atoms with Crippen LogP contribution in [0.1, 0.15) is 27.9 Å². The van der Waals surface area contributed by atoms with E-state index in [0.717, 1.165) is 38.0 Å². The molecule has 6 nitrogen and oxygen atoms in total. The van der Waals surface area contributed by atoms with Gasteiger partial charge in [0.2, 0.25) is 5.95 Å². The molecule has 4 rings (SSSR count). The largest absolute Gasteiger partial charge is 0.350 e. The first kappa shape index (κ1) is 16.3. The van der Waals surface area contributed by atoms with Gasteiger partial charge in [-0.2, -0.15) is 0 Å². The van der Waals surface area contributed by atoms with Gasteiger partial charge in [0.05, 0.1) is 17.4 Å². The highest BCUT2D eigenvalue weighted by atomic mass is 35.5. The molecule has 0 bridgehead atoms. The Kier molecular flexibility index (Phi) is 4.55. The number of halogens is 1. The summed E-state index contributed by atoms with van der Waals surface area (Å²) in [6.07, 6.45) is 5.04. The van der Waals surface area contributed by atoms with E-state index in [4.69, 9.17) is 11.6 Å². The smallest absolute Gasteiger partial charge is 0.253 e. The Morgan fingerprint density at radius 3 is 2.96 bits per heavy atom. The van der Waals surface area contributed by atoms with E-state index in [1.54, 1.807) is 12.4 Å². The summed E-state index contributed by atoms with van der Waals surface area (Å²) >= 11 is 5.80. The molecular formula is C18H20ClN5O. The molecule has 0 saturated carbocycles. The van der Waals surface area contributed by atoms with Crippen molar-refractivity contribution in [2.75, 3.05) is 25.0 Å². The number of hydrogen-bond acceptors (Lipinski definition) is 5. The van der Waals surface area contributed by atoms with Crippen molar-refractivity contribution in [3.8, 4) is 0 Å². The molecule has 0 spiro atoms. The molecule has 25 heavy (non-hydrogen) atoms. The van der Waals surface area contributed by atoms with Crippen molar-refractivity contribution in [3.05, 3.63) is 52.3 Å². The maximum absolute atomic E-state index is 12.8. The zero-order valence-electron chi connectivity index (χ0n) is 13.8. The Morgan fingerprint density at radius 2 is 2.12 bits per heavy atom. The number of aromatic nitrogens is 2. The molecule has 1 aromatic heterocycles. The molecule has 2 aliphatic rings. The van der Waals surface area contributed by atoms with E-state index in [-0.39, 0.29) is 11.9 Å². The lowest BCUT2D eigenvalue weighted by atomic mass is 9.98. The molecule has 7 heteroatoms. The first-order chi connectivity index (χ1) is 12.2. The van der Waals surface area contributed by atoms with Crippen LogP contribution < -0.4 is 10.6 Å². The fourth-order valence-corrected chi connectivity index (χ4v) is 3.53. The molecule has 0 aliphatic carbocycles. The fourth-order valence-electron chi connectivity index (χ4n) is 3.43. The molecule has 2 aliphatic heterocycles. The molecule has 130 valence electrons. The Hall–Kier alpha value is -2.18. The molecule has 0 unspecified atom stereocenters. The molecule has 1 fully saturated rings. The maximum atomic E-state index is 12.8. The number of carbonyl (C=O) groups is 1. The van der Waals surface area contributed by atoms with Crippen molar-refractivity contribution >= 4 is 23.5 Å². The van der Waals surface area contributed by atoms with E-state index in [1.165, 1.54) is 11.1 Å². The van der Waals surface area contributed by atoms with Gasteiger partial charge < -0.3 is 15.5 Å². The van der Waals surface area contributed by atoms with E-state index in [9.17, 15) is 4.79 Å². The number of anilines is 1. The summed E-state index contributed by atoms with van der Waals surface area (Å²) < 4.78 is 0. The minimum absolute atomic E-state index is 0.0923. The zero-order chi connectivity index (χ0) is 17.2. The predicted molar refractivity (Wildman–Crippen MR) is 96.8 cm³/mol. The van der Waals surface area contributed by atoms with Crippen molar-refractivity contribution < 1.29 is 4.79 Å². The summed E-state index contributed by atoms with van der Waals surface area (Å²) in [5, 5.41) is 7.14. The Morgan fingerprint density at radius 1 is 1.28 bits per heavy atom. The molecule has 0 radical (unpaired) electrons. The molecule has 1 amide bonds. The molecule has 3 heterocycles. The number of likely N-dealkylation sites (tertiary alicyclic amines) is 1. The van der Waals surface area contributed by atoms with Gasteiger partial charge in [0.25, 0.3) is 5.91 Å².